The van der Waals surface area contributed by atoms with Crippen LogP contribution in [0, 0.1) is 0 Å². The van der Waals surface area contributed by atoms with Gasteiger partial charge in [-0.15, -0.1) is 0 Å². The van der Waals surface area contributed by atoms with Crippen LogP contribution in [0.2, 0.25) is 0 Å². The Hall–Kier alpha value is -1.77. The minimum atomic E-state index is 0.354. The van der Waals surface area contributed by atoms with Crippen LogP contribution in [0.5, 0.6) is 0 Å². The standard InChI is InChI=1S/C10H8N2O/c13-7-5-9-4-3-8-2-1-6-11-10(8)12-9/h1-4,6-7H,5H2. The lowest BCUT2D eigenvalue weighted by Crippen LogP contribution is -1.92. The van der Waals surface area contributed by atoms with Crippen LogP contribution in [-0.2, 0) is 11.2 Å². The molecule has 2 aromatic heterocycles. The minimum Gasteiger partial charge on any atom is -0.303 e. The van der Waals surface area contributed by atoms with Gasteiger partial charge in [-0.1, -0.05) is 0 Å². The lowest BCUT2D eigenvalue weighted by Gasteiger charge is -1.97. The maximum atomic E-state index is 10.2. The van der Waals surface area contributed by atoms with Crippen molar-refractivity contribution in [1.82, 2.24) is 9.97 Å². The van der Waals surface area contributed by atoms with Crippen molar-refractivity contribution in [2.24, 2.45) is 0 Å². The fraction of sp³-hybridized carbons (Fsp3) is 0.100. The van der Waals surface area contributed by atoms with Gasteiger partial charge in [0, 0.05) is 18.0 Å². The molecule has 3 nitrogen and oxygen atoms in total. The van der Waals surface area contributed by atoms with E-state index in [-0.39, 0.29) is 0 Å². The number of carbonyl (C=O) groups is 1. The van der Waals surface area contributed by atoms with Crippen molar-refractivity contribution in [2.75, 3.05) is 0 Å². The molecule has 0 spiro atoms. The molecule has 3 heteroatoms. The third-order valence-electron chi connectivity index (χ3n) is 1.81. The monoisotopic (exact) mass is 172 g/mol. The SMILES string of the molecule is O=CCc1ccc2cccnc2n1. The van der Waals surface area contributed by atoms with Gasteiger partial charge in [-0.05, 0) is 24.3 Å². The summed E-state index contributed by atoms with van der Waals surface area (Å²) >= 11 is 0. The maximum Gasteiger partial charge on any atom is 0.159 e. The Balaban J connectivity index is 2.55. The zero-order valence-electron chi connectivity index (χ0n) is 6.97. The van der Waals surface area contributed by atoms with E-state index in [4.69, 9.17) is 0 Å². The molecular weight excluding hydrogens is 164 g/mol. The van der Waals surface area contributed by atoms with E-state index in [0.717, 1.165) is 17.4 Å². The Kier molecular flexibility index (Phi) is 2.00. The highest BCUT2D eigenvalue weighted by Gasteiger charge is 1.96. The van der Waals surface area contributed by atoms with Crippen LogP contribution in [0.4, 0.5) is 0 Å². The molecule has 2 rings (SSSR count). The second-order valence-corrected chi connectivity index (χ2v) is 2.72. The van der Waals surface area contributed by atoms with Gasteiger partial charge in [0.2, 0.25) is 0 Å². The Morgan fingerprint density at radius 2 is 2.23 bits per heavy atom. The number of nitrogens with zero attached hydrogens (tertiary/aromatic N) is 2. The van der Waals surface area contributed by atoms with Gasteiger partial charge in [0.25, 0.3) is 0 Å². The molecule has 0 saturated carbocycles. The number of carbonyl (C=O) groups excluding carboxylic acids is 1. The first-order valence-corrected chi connectivity index (χ1v) is 4.04. The van der Waals surface area contributed by atoms with Gasteiger partial charge < -0.3 is 4.79 Å². The molecule has 0 fully saturated rings. The molecule has 0 atom stereocenters. The summed E-state index contributed by atoms with van der Waals surface area (Å²) in [6.07, 6.45) is 2.89. The van der Waals surface area contributed by atoms with Crippen molar-refractivity contribution in [1.29, 1.82) is 0 Å². The molecule has 0 aliphatic heterocycles. The number of aromatic nitrogens is 2. The third kappa shape index (κ3) is 1.54. The van der Waals surface area contributed by atoms with Crippen molar-refractivity contribution >= 4 is 17.3 Å². The molecule has 0 N–H and O–H groups in total. The van der Waals surface area contributed by atoms with E-state index in [1.54, 1.807) is 6.20 Å². The number of rotatable bonds is 2. The average Bonchev–Trinajstić information content (AvgIpc) is 2.18. The molecule has 0 saturated heterocycles. The predicted molar refractivity (Wildman–Crippen MR) is 49.3 cm³/mol. The molecule has 64 valence electrons. The van der Waals surface area contributed by atoms with Gasteiger partial charge in [0.15, 0.2) is 5.65 Å². The smallest absolute Gasteiger partial charge is 0.159 e. The summed E-state index contributed by atoms with van der Waals surface area (Å²) in [5.74, 6) is 0. The summed E-state index contributed by atoms with van der Waals surface area (Å²) in [5.41, 5.74) is 1.46. The van der Waals surface area contributed by atoms with Crippen LogP contribution in [0.3, 0.4) is 0 Å². The van der Waals surface area contributed by atoms with E-state index in [1.165, 1.54) is 0 Å². The lowest BCUT2D eigenvalue weighted by atomic mass is 10.2. The summed E-state index contributed by atoms with van der Waals surface area (Å²) in [6, 6.07) is 7.58. The van der Waals surface area contributed by atoms with Crippen molar-refractivity contribution in [3.8, 4) is 0 Å². The molecule has 13 heavy (non-hydrogen) atoms. The molecule has 0 aliphatic rings. The fourth-order valence-corrected chi connectivity index (χ4v) is 1.19. The third-order valence-corrected chi connectivity index (χ3v) is 1.81. The highest BCUT2D eigenvalue weighted by Crippen LogP contribution is 2.08. The highest BCUT2D eigenvalue weighted by atomic mass is 16.1. The Labute approximate surface area is 75.4 Å². The Morgan fingerprint density at radius 3 is 3.08 bits per heavy atom. The van der Waals surface area contributed by atoms with E-state index in [9.17, 15) is 4.79 Å². The van der Waals surface area contributed by atoms with Gasteiger partial charge >= 0.3 is 0 Å². The molecule has 2 heterocycles. The summed E-state index contributed by atoms with van der Waals surface area (Å²) in [5, 5.41) is 0.997. The summed E-state index contributed by atoms with van der Waals surface area (Å²) in [4.78, 5) is 18.6. The molecule has 0 radical (unpaired) electrons. The van der Waals surface area contributed by atoms with Gasteiger partial charge in [0.05, 0.1) is 5.69 Å². The van der Waals surface area contributed by atoms with Crippen LogP contribution >= 0.6 is 0 Å². The van der Waals surface area contributed by atoms with Gasteiger partial charge in [-0.3, -0.25) is 0 Å². The zero-order chi connectivity index (χ0) is 9.10. The van der Waals surface area contributed by atoms with Crippen molar-refractivity contribution in [3.63, 3.8) is 0 Å². The fourth-order valence-electron chi connectivity index (χ4n) is 1.19. The zero-order valence-corrected chi connectivity index (χ0v) is 6.97. The van der Waals surface area contributed by atoms with Gasteiger partial charge in [-0.2, -0.15) is 0 Å². The maximum absolute atomic E-state index is 10.2. The molecule has 0 amide bonds. The predicted octanol–water partition coefficient (Wildman–Crippen LogP) is 1.37. The first-order valence-electron chi connectivity index (χ1n) is 4.04. The summed E-state index contributed by atoms with van der Waals surface area (Å²) in [7, 11) is 0. The molecular formula is C10H8N2O. The number of aldehydes is 1. The van der Waals surface area contributed by atoms with Crippen LogP contribution in [0.1, 0.15) is 5.69 Å². The van der Waals surface area contributed by atoms with Gasteiger partial charge in [-0.25, -0.2) is 9.97 Å². The van der Waals surface area contributed by atoms with Crippen LogP contribution in [0.25, 0.3) is 11.0 Å². The lowest BCUT2D eigenvalue weighted by molar-refractivity contribution is -0.107. The molecule has 0 aliphatic carbocycles. The van der Waals surface area contributed by atoms with E-state index in [0.29, 0.717) is 12.1 Å². The Morgan fingerprint density at radius 1 is 1.31 bits per heavy atom. The Bertz CT molecular complexity index is 440. The second kappa shape index (κ2) is 3.31. The van der Waals surface area contributed by atoms with Crippen molar-refractivity contribution in [2.45, 2.75) is 6.42 Å². The topological polar surface area (TPSA) is 42.9 Å². The number of hydrogen-bond donors (Lipinski definition) is 0. The molecule has 0 bridgehead atoms. The summed E-state index contributed by atoms with van der Waals surface area (Å²) in [6.45, 7) is 0. The van der Waals surface area contributed by atoms with E-state index in [1.807, 2.05) is 24.3 Å². The van der Waals surface area contributed by atoms with Crippen molar-refractivity contribution < 1.29 is 4.79 Å². The number of fused-ring (bicyclic) bond motifs is 1. The van der Waals surface area contributed by atoms with E-state index < -0.39 is 0 Å². The first kappa shape index (κ1) is 7.86. The number of hydrogen-bond acceptors (Lipinski definition) is 3. The van der Waals surface area contributed by atoms with Crippen LogP contribution < -0.4 is 0 Å². The second-order valence-electron chi connectivity index (χ2n) is 2.72. The molecule has 0 aromatic carbocycles. The average molecular weight is 172 g/mol. The number of pyridine rings is 2. The highest BCUT2D eigenvalue weighted by molar-refractivity contribution is 5.74. The van der Waals surface area contributed by atoms with Crippen LogP contribution in [-0.4, -0.2) is 16.3 Å². The van der Waals surface area contributed by atoms with E-state index in [2.05, 4.69) is 9.97 Å². The normalized spacial score (nSPS) is 10.2. The molecule has 0 unspecified atom stereocenters. The largest absolute Gasteiger partial charge is 0.303 e. The van der Waals surface area contributed by atoms with Gasteiger partial charge in [0.1, 0.15) is 6.29 Å². The first-order chi connectivity index (χ1) is 6.40. The minimum absolute atomic E-state index is 0.354. The van der Waals surface area contributed by atoms with E-state index >= 15 is 0 Å². The van der Waals surface area contributed by atoms with Crippen molar-refractivity contribution in [3.05, 3.63) is 36.2 Å². The van der Waals surface area contributed by atoms with Crippen LogP contribution in [0.15, 0.2) is 30.5 Å². The molecule has 2 aromatic rings. The summed E-state index contributed by atoms with van der Waals surface area (Å²) < 4.78 is 0. The quantitative estimate of drug-likeness (QED) is 0.642.